The molecule has 0 fully saturated rings. The van der Waals surface area contributed by atoms with Crippen LogP contribution in [0.2, 0.25) is 0 Å². The van der Waals surface area contributed by atoms with E-state index < -0.39 is 0 Å². The fraction of sp³-hybridized carbons (Fsp3) is 0.500. The lowest BCUT2D eigenvalue weighted by molar-refractivity contribution is 0.306. The Kier molecular flexibility index (Phi) is 4.70. The van der Waals surface area contributed by atoms with Crippen molar-refractivity contribution in [2.45, 2.75) is 19.8 Å². The molecule has 8 nitrogen and oxygen atoms in total. The lowest BCUT2D eigenvalue weighted by Gasteiger charge is -2.11. The first-order chi connectivity index (χ1) is 9.72. The highest BCUT2D eigenvalue weighted by Crippen LogP contribution is 2.24. The number of ether oxygens (including phenoxy) is 1. The van der Waals surface area contributed by atoms with Crippen molar-refractivity contribution < 1.29 is 4.74 Å². The lowest BCUT2D eigenvalue weighted by atomic mass is 10.3. The molecule has 0 radical (unpaired) electrons. The molecule has 0 amide bonds. The first-order valence-corrected chi connectivity index (χ1v) is 6.52. The summed E-state index contributed by atoms with van der Waals surface area (Å²) in [5, 5.41) is 11.0. The van der Waals surface area contributed by atoms with Crippen LogP contribution in [-0.4, -0.2) is 37.9 Å². The summed E-state index contributed by atoms with van der Waals surface area (Å²) >= 11 is 0. The van der Waals surface area contributed by atoms with E-state index in [1.54, 1.807) is 6.33 Å². The minimum Gasteiger partial charge on any atom is -0.476 e. The Balaban J connectivity index is 1.94. The van der Waals surface area contributed by atoms with E-state index in [9.17, 15) is 0 Å². The number of anilines is 2. The molecule has 0 aliphatic heterocycles. The number of nitrogens with one attached hydrogen (secondary N) is 1. The van der Waals surface area contributed by atoms with Gasteiger partial charge in [0.1, 0.15) is 24.2 Å². The van der Waals surface area contributed by atoms with Crippen molar-refractivity contribution in [2.24, 2.45) is 7.05 Å². The van der Waals surface area contributed by atoms with Gasteiger partial charge < -0.3 is 20.4 Å². The summed E-state index contributed by atoms with van der Waals surface area (Å²) in [4.78, 5) is 8.14. The van der Waals surface area contributed by atoms with Gasteiger partial charge in [0.2, 0.25) is 5.88 Å². The molecule has 0 aliphatic carbocycles. The summed E-state index contributed by atoms with van der Waals surface area (Å²) < 4.78 is 7.33. The Labute approximate surface area is 117 Å². The van der Waals surface area contributed by atoms with Crippen molar-refractivity contribution in [1.82, 2.24) is 24.7 Å². The maximum absolute atomic E-state index is 5.97. The number of hydrogen-bond donors (Lipinski definition) is 2. The van der Waals surface area contributed by atoms with Gasteiger partial charge in [0.05, 0.1) is 6.61 Å². The van der Waals surface area contributed by atoms with Crippen LogP contribution >= 0.6 is 0 Å². The lowest BCUT2D eigenvalue weighted by Crippen LogP contribution is -2.12. The van der Waals surface area contributed by atoms with Crippen molar-refractivity contribution in [3.05, 3.63) is 18.5 Å². The molecule has 2 aromatic rings. The second kappa shape index (κ2) is 6.69. The largest absolute Gasteiger partial charge is 0.476 e. The number of aryl methyl sites for hydroxylation is 1. The van der Waals surface area contributed by atoms with Gasteiger partial charge in [-0.2, -0.15) is 4.98 Å². The number of nitrogen functional groups attached to an aromatic ring is 1. The average Bonchev–Trinajstić information content (AvgIpc) is 2.85. The van der Waals surface area contributed by atoms with E-state index in [4.69, 9.17) is 10.5 Å². The van der Waals surface area contributed by atoms with Crippen LogP contribution in [0.25, 0.3) is 0 Å². The standard InChI is InChI=1S/C12H19N7O/c1-3-6-20-12-10(13)11(15-7-16-12)14-5-4-9-18-17-8-19(9)2/h7-8H,3-6,13H2,1-2H3,(H,14,15,16). The zero-order chi connectivity index (χ0) is 14.4. The molecule has 0 atom stereocenters. The highest BCUT2D eigenvalue weighted by Gasteiger charge is 2.09. The minimum atomic E-state index is 0.419. The normalized spacial score (nSPS) is 10.5. The van der Waals surface area contributed by atoms with E-state index in [0.29, 0.717) is 30.5 Å². The molecule has 0 saturated carbocycles. The fourth-order valence-electron chi connectivity index (χ4n) is 1.66. The molecule has 20 heavy (non-hydrogen) atoms. The third kappa shape index (κ3) is 3.34. The molecule has 3 N–H and O–H groups in total. The smallest absolute Gasteiger partial charge is 0.242 e. The number of rotatable bonds is 7. The third-order valence-corrected chi connectivity index (χ3v) is 2.74. The van der Waals surface area contributed by atoms with Gasteiger partial charge in [-0.3, -0.25) is 0 Å². The summed E-state index contributed by atoms with van der Waals surface area (Å²) in [5.74, 6) is 1.89. The molecular weight excluding hydrogens is 258 g/mol. The molecule has 0 saturated heterocycles. The molecule has 0 aliphatic rings. The van der Waals surface area contributed by atoms with Crippen molar-refractivity contribution in [1.29, 1.82) is 0 Å². The minimum absolute atomic E-state index is 0.419. The Bertz CT molecular complexity index is 554. The maximum Gasteiger partial charge on any atom is 0.242 e. The molecule has 2 heterocycles. The zero-order valence-corrected chi connectivity index (χ0v) is 11.7. The Hall–Kier alpha value is -2.38. The van der Waals surface area contributed by atoms with Gasteiger partial charge in [-0.25, -0.2) is 4.98 Å². The first-order valence-electron chi connectivity index (χ1n) is 6.52. The van der Waals surface area contributed by atoms with Crippen molar-refractivity contribution >= 4 is 11.5 Å². The van der Waals surface area contributed by atoms with Crippen molar-refractivity contribution in [2.75, 3.05) is 24.2 Å². The molecular formula is C12H19N7O. The van der Waals surface area contributed by atoms with Crippen LogP contribution in [-0.2, 0) is 13.5 Å². The molecule has 2 rings (SSSR count). The first kappa shape index (κ1) is 14.0. The van der Waals surface area contributed by atoms with Gasteiger partial charge in [0.25, 0.3) is 0 Å². The zero-order valence-electron chi connectivity index (χ0n) is 11.7. The highest BCUT2D eigenvalue weighted by molar-refractivity contribution is 5.66. The van der Waals surface area contributed by atoms with Crippen molar-refractivity contribution in [3.8, 4) is 5.88 Å². The summed E-state index contributed by atoms with van der Waals surface area (Å²) in [6.07, 6.45) is 4.74. The number of aromatic nitrogens is 5. The average molecular weight is 277 g/mol. The van der Waals surface area contributed by atoms with Crippen LogP contribution in [0.15, 0.2) is 12.7 Å². The van der Waals surface area contributed by atoms with Crippen LogP contribution in [0, 0.1) is 0 Å². The molecule has 2 aromatic heterocycles. The van der Waals surface area contributed by atoms with E-state index in [0.717, 1.165) is 18.7 Å². The molecule has 0 aromatic carbocycles. The molecule has 0 unspecified atom stereocenters. The summed E-state index contributed by atoms with van der Waals surface area (Å²) in [7, 11) is 1.91. The van der Waals surface area contributed by atoms with Gasteiger partial charge >= 0.3 is 0 Å². The van der Waals surface area contributed by atoms with Gasteiger partial charge in [0.15, 0.2) is 5.82 Å². The predicted molar refractivity (Wildman–Crippen MR) is 75.4 cm³/mol. The third-order valence-electron chi connectivity index (χ3n) is 2.74. The van der Waals surface area contributed by atoms with Gasteiger partial charge in [0, 0.05) is 20.0 Å². The summed E-state index contributed by atoms with van der Waals surface area (Å²) in [6, 6.07) is 0. The number of hydrogen-bond acceptors (Lipinski definition) is 7. The van der Waals surface area contributed by atoms with Crippen LogP contribution in [0.4, 0.5) is 11.5 Å². The topological polar surface area (TPSA) is 104 Å². The van der Waals surface area contributed by atoms with Gasteiger partial charge in [-0.05, 0) is 6.42 Å². The quantitative estimate of drug-likeness (QED) is 0.765. The van der Waals surface area contributed by atoms with Crippen molar-refractivity contribution in [3.63, 3.8) is 0 Å². The van der Waals surface area contributed by atoms with E-state index in [1.807, 2.05) is 18.5 Å². The fourth-order valence-corrected chi connectivity index (χ4v) is 1.66. The van der Waals surface area contributed by atoms with E-state index in [2.05, 4.69) is 25.5 Å². The molecule has 0 spiro atoms. The molecule has 0 bridgehead atoms. The monoisotopic (exact) mass is 277 g/mol. The second-order valence-electron chi connectivity index (χ2n) is 4.32. The van der Waals surface area contributed by atoms with E-state index in [-0.39, 0.29) is 0 Å². The van der Waals surface area contributed by atoms with Gasteiger partial charge in [-0.15, -0.1) is 10.2 Å². The Morgan fingerprint density at radius 1 is 1.40 bits per heavy atom. The van der Waals surface area contributed by atoms with E-state index >= 15 is 0 Å². The SMILES string of the molecule is CCCOc1ncnc(NCCc2nncn2C)c1N. The molecule has 8 heteroatoms. The van der Waals surface area contributed by atoms with Crippen LogP contribution in [0.5, 0.6) is 5.88 Å². The Morgan fingerprint density at radius 3 is 2.95 bits per heavy atom. The second-order valence-corrected chi connectivity index (χ2v) is 4.32. The maximum atomic E-state index is 5.97. The highest BCUT2D eigenvalue weighted by atomic mass is 16.5. The van der Waals surface area contributed by atoms with Gasteiger partial charge in [-0.1, -0.05) is 6.92 Å². The predicted octanol–water partition coefficient (Wildman–Crippen LogP) is 0.631. The summed E-state index contributed by atoms with van der Waals surface area (Å²) in [5.41, 5.74) is 6.40. The summed E-state index contributed by atoms with van der Waals surface area (Å²) in [6.45, 7) is 3.26. The van der Waals surface area contributed by atoms with Crippen LogP contribution in [0.3, 0.4) is 0 Å². The number of nitrogens with two attached hydrogens (primary N) is 1. The van der Waals surface area contributed by atoms with Crippen LogP contribution in [0.1, 0.15) is 19.2 Å². The number of nitrogens with zero attached hydrogens (tertiary/aromatic N) is 5. The molecule has 108 valence electrons. The van der Waals surface area contributed by atoms with E-state index in [1.165, 1.54) is 6.33 Å². The Morgan fingerprint density at radius 2 is 2.25 bits per heavy atom. The van der Waals surface area contributed by atoms with Crippen LogP contribution < -0.4 is 15.8 Å².